The van der Waals surface area contributed by atoms with Crippen LogP contribution in [0.2, 0.25) is 5.02 Å². The Morgan fingerprint density at radius 1 is 1.03 bits per heavy atom. The molecular formula is C30H26ClN3O4S. The van der Waals surface area contributed by atoms with Crippen molar-refractivity contribution in [3.63, 3.8) is 0 Å². The lowest BCUT2D eigenvalue weighted by atomic mass is 9.61. The molecule has 39 heavy (non-hydrogen) atoms. The number of allylic oxidation sites excluding steroid dienone is 1. The van der Waals surface area contributed by atoms with Crippen LogP contribution in [0.3, 0.4) is 0 Å². The highest BCUT2D eigenvalue weighted by Crippen LogP contribution is 2.55. The molecule has 0 saturated carbocycles. The summed E-state index contributed by atoms with van der Waals surface area (Å²) in [5, 5.41) is 21.7. The van der Waals surface area contributed by atoms with Crippen LogP contribution in [-0.4, -0.2) is 25.2 Å². The van der Waals surface area contributed by atoms with Gasteiger partial charge in [0.25, 0.3) is 0 Å². The van der Waals surface area contributed by atoms with E-state index in [2.05, 4.69) is 18.7 Å². The zero-order valence-electron chi connectivity index (χ0n) is 21.4. The van der Waals surface area contributed by atoms with Crippen molar-refractivity contribution in [3.05, 3.63) is 107 Å². The molecule has 0 spiro atoms. The molecule has 3 aromatic rings. The van der Waals surface area contributed by atoms with Crippen molar-refractivity contribution >= 4 is 27.6 Å². The topological polar surface area (TPSA) is 111 Å². The molecular weight excluding hydrogens is 534 g/mol. The van der Waals surface area contributed by atoms with Gasteiger partial charge in [-0.1, -0.05) is 59.6 Å². The second kappa shape index (κ2) is 11.0. The van der Waals surface area contributed by atoms with Gasteiger partial charge in [-0.15, -0.1) is 6.58 Å². The Morgan fingerprint density at radius 3 is 2.10 bits per heavy atom. The second-order valence-electron chi connectivity index (χ2n) is 9.47. The van der Waals surface area contributed by atoms with Crippen LogP contribution in [-0.2, 0) is 14.8 Å². The zero-order valence-corrected chi connectivity index (χ0v) is 23.0. The Labute approximate surface area is 233 Å². The van der Waals surface area contributed by atoms with Crippen LogP contribution in [0.1, 0.15) is 35.6 Å². The van der Waals surface area contributed by atoms with Gasteiger partial charge in [0.2, 0.25) is 10.0 Å². The molecule has 0 aliphatic carbocycles. The number of halogens is 1. The fourth-order valence-corrected chi connectivity index (χ4v) is 7.00. The summed E-state index contributed by atoms with van der Waals surface area (Å²) in [5.41, 5.74) is 0.183. The zero-order chi connectivity index (χ0) is 28.4. The number of hydrogen-bond donors (Lipinski definition) is 0. The monoisotopic (exact) mass is 559 g/mol. The molecule has 7 nitrogen and oxygen atoms in total. The molecule has 0 N–H and O–H groups in total. The van der Waals surface area contributed by atoms with Gasteiger partial charge >= 0.3 is 5.97 Å². The molecule has 0 bridgehead atoms. The van der Waals surface area contributed by atoms with Crippen LogP contribution in [0.25, 0.3) is 0 Å². The molecule has 3 atom stereocenters. The molecule has 0 radical (unpaired) electrons. The minimum atomic E-state index is -4.19. The van der Waals surface area contributed by atoms with Gasteiger partial charge in [-0.25, -0.2) is 8.42 Å². The molecule has 1 saturated heterocycles. The Kier molecular flexibility index (Phi) is 7.94. The Hall–Kier alpha value is -3.95. The fraction of sp³-hybridized carbons (Fsp3) is 0.233. The summed E-state index contributed by atoms with van der Waals surface area (Å²) in [6, 6.07) is 22.7. The quantitative estimate of drug-likeness (QED) is 0.210. The second-order valence-corrected chi connectivity index (χ2v) is 11.8. The SMILES string of the molecule is C=C[C@H]1[C@H](c2ccc(Cl)cc2)CN(S(=O)(=O)c2ccc(C)cc2)[C@@H](c2ccc(OC(C)=O)cc2)C1(C#N)C#N. The van der Waals surface area contributed by atoms with Crippen molar-refractivity contribution in [2.24, 2.45) is 11.3 Å². The first-order valence-electron chi connectivity index (χ1n) is 12.1. The van der Waals surface area contributed by atoms with Crippen molar-refractivity contribution in [1.82, 2.24) is 4.31 Å². The summed E-state index contributed by atoms with van der Waals surface area (Å²) < 4.78 is 34.8. The lowest BCUT2D eigenvalue weighted by Gasteiger charge is -2.49. The number of sulfonamides is 1. The van der Waals surface area contributed by atoms with E-state index in [4.69, 9.17) is 16.3 Å². The summed E-state index contributed by atoms with van der Waals surface area (Å²) in [4.78, 5) is 11.5. The maximum Gasteiger partial charge on any atom is 0.308 e. The number of carbonyl (C=O) groups excluding carboxylic acids is 1. The summed E-state index contributed by atoms with van der Waals surface area (Å²) in [7, 11) is -4.19. The highest BCUT2D eigenvalue weighted by molar-refractivity contribution is 7.89. The first-order chi connectivity index (χ1) is 18.6. The molecule has 1 fully saturated rings. The standard InChI is InChI=1S/C30H26ClN3O4S/c1-4-28-27(22-7-11-24(31)12-8-22)17-34(39(36,37)26-15-5-20(2)6-16-26)29(30(28,18-32)19-33)23-9-13-25(14-10-23)38-21(3)35/h4-16,27-29H,1,17H2,2-3H3/t27-,28-,29-/m0/s1. The molecule has 1 heterocycles. The van der Waals surface area contributed by atoms with Crippen LogP contribution in [0.15, 0.2) is 90.3 Å². The number of hydrogen-bond acceptors (Lipinski definition) is 6. The maximum absolute atomic E-state index is 14.2. The van der Waals surface area contributed by atoms with Crippen molar-refractivity contribution in [1.29, 1.82) is 10.5 Å². The summed E-state index contributed by atoms with van der Waals surface area (Å²) in [6.45, 7) is 7.05. The minimum Gasteiger partial charge on any atom is -0.427 e. The van der Waals surface area contributed by atoms with Crippen LogP contribution in [0.5, 0.6) is 5.75 Å². The van der Waals surface area contributed by atoms with Gasteiger partial charge in [0.1, 0.15) is 5.75 Å². The van der Waals surface area contributed by atoms with Crippen LogP contribution < -0.4 is 4.74 Å². The fourth-order valence-electron chi connectivity index (χ4n) is 5.20. The highest BCUT2D eigenvalue weighted by Gasteiger charge is 2.58. The number of benzene rings is 3. The molecule has 1 aliphatic rings. The highest BCUT2D eigenvalue weighted by atomic mass is 35.5. The van der Waals surface area contributed by atoms with E-state index in [1.807, 2.05) is 6.92 Å². The van der Waals surface area contributed by atoms with Crippen LogP contribution in [0, 0.1) is 40.9 Å². The van der Waals surface area contributed by atoms with Crippen LogP contribution >= 0.6 is 11.6 Å². The van der Waals surface area contributed by atoms with Gasteiger partial charge in [-0.05, 0) is 54.4 Å². The van der Waals surface area contributed by atoms with Gasteiger partial charge in [-0.2, -0.15) is 14.8 Å². The van der Waals surface area contributed by atoms with Gasteiger partial charge in [0, 0.05) is 30.3 Å². The molecule has 0 aromatic heterocycles. The predicted octanol–water partition coefficient (Wildman–Crippen LogP) is 5.94. The van der Waals surface area contributed by atoms with Gasteiger partial charge in [-0.3, -0.25) is 4.79 Å². The van der Waals surface area contributed by atoms with E-state index in [0.717, 1.165) is 11.1 Å². The first kappa shape index (κ1) is 28.1. The number of piperidine rings is 1. The van der Waals surface area contributed by atoms with E-state index >= 15 is 0 Å². The first-order valence-corrected chi connectivity index (χ1v) is 14.0. The number of nitrogens with zero attached hydrogens (tertiary/aromatic N) is 3. The number of rotatable bonds is 6. The average molecular weight is 560 g/mol. The molecule has 198 valence electrons. The van der Waals surface area contributed by atoms with E-state index in [0.29, 0.717) is 10.6 Å². The average Bonchev–Trinajstić information content (AvgIpc) is 2.92. The third-order valence-corrected chi connectivity index (χ3v) is 9.16. The van der Waals surface area contributed by atoms with E-state index in [9.17, 15) is 23.7 Å². The normalized spacial score (nSPS) is 20.8. The summed E-state index contributed by atoms with van der Waals surface area (Å²) in [5.74, 6) is -1.54. The van der Waals surface area contributed by atoms with Crippen molar-refractivity contribution in [3.8, 4) is 17.9 Å². The van der Waals surface area contributed by atoms with Crippen molar-refractivity contribution < 1.29 is 17.9 Å². The number of esters is 1. The number of aryl methyl sites for hydroxylation is 1. The molecule has 4 rings (SSSR count). The molecule has 0 amide bonds. The summed E-state index contributed by atoms with van der Waals surface area (Å²) in [6.07, 6.45) is 1.56. The van der Waals surface area contributed by atoms with E-state index in [1.54, 1.807) is 54.6 Å². The van der Waals surface area contributed by atoms with E-state index in [-0.39, 0.29) is 17.2 Å². The van der Waals surface area contributed by atoms with Gasteiger partial charge < -0.3 is 4.74 Å². The maximum atomic E-state index is 14.2. The van der Waals surface area contributed by atoms with E-state index in [1.165, 1.54) is 35.5 Å². The molecule has 3 aromatic carbocycles. The van der Waals surface area contributed by atoms with Crippen LogP contribution in [0.4, 0.5) is 0 Å². The van der Waals surface area contributed by atoms with Crippen molar-refractivity contribution in [2.45, 2.75) is 30.7 Å². The van der Waals surface area contributed by atoms with E-state index < -0.39 is 39.3 Å². The Bertz CT molecular complexity index is 1560. The lowest BCUT2D eigenvalue weighted by molar-refractivity contribution is -0.131. The lowest BCUT2D eigenvalue weighted by Crippen LogP contribution is -2.54. The smallest absolute Gasteiger partial charge is 0.308 e. The molecule has 9 heteroatoms. The van der Waals surface area contributed by atoms with Gasteiger partial charge in [0.15, 0.2) is 5.41 Å². The Balaban J connectivity index is 1.97. The van der Waals surface area contributed by atoms with Gasteiger partial charge in [0.05, 0.1) is 23.1 Å². The largest absolute Gasteiger partial charge is 0.427 e. The molecule has 0 unspecified atom stereocenters. The molecule has 1 aliphatic heterocycles. The number of carbonyl (C=O) groups is 1. The number of nitriles is 2. The third-order valence-electron chi connectivity index (χ3n) is 7.06. The third kappa shape index (κ3) is 5.20. The number of ether oxygens (including phenoxy) is 1. The predicted molar refractivity (Wildman–Crippen MR) is 147 cm³/mol. The minimum absolute atomic E-state index is 0.0179. The summed E-state index contributed by atoms with van der Waals surface area (Å²) >= 11 is 6.11. The van der Waals surface area contributed by atoms with Crippen molar-refractivity contribution in [2.75, 3.05) is 6.54 Å². The Morgan fingerprint density at radius 2 is 1.59 bits per heavy atom.